The SMILES string of the molecule is N#CC1=C(N)N(NC(=O)c2ccccc2)C2=C(C(=O)CCC2)C1c1ccc(OCc2ccccc2)cc1. The van der Waals surface area contributed by atoms with Gasteiger partial charge in [-0.2, -0.15) is 5.26 Å². The van der Waals surface area contributed by atoms with Crippen molar-refractivity contribution in [2.24, 2.45) is 5.73 Å². The van der Waals surface area contributed by atoms with E-state index in [1.54, 1.807) is 24.3 Å². The number of amides is 1. The number of allylic oxidation sites excluding steroid dienone is 3. The number of hydrogen-bond acceptors (Lipinski definition) is 6. The predicted octanol–water partition coefficient (Wildman–Crippen LogP) is 4.71. The number of nitrogens with one attached hydrogen (secondary N) is 1. The zero-order chi connectivity index (χ0) is 25.8. The minimum atomic E-state index is -0.610. The molecule has 1 aliphatic carbocycles. The summed E-state index contributed by atoms with van der Waals surface area (Å²) in [5.41, 5.74) is 12.9. The fraction of sp³-hybridized carbons (Fsp3) is 0.167. The number of carbonyl (C=O) groups excluding carboxylic acids is 2. The quantitative estimate of drug-likeness (QED) is 0.518. The normalized spacial score (nSPS) is 17.2. The maximum atomic E-state index is 13.2. The molecule has 1 amide bonds. The van der Waals surface area contributed by atoms with E-state index in [4.69, 9.17) is 10.5 Å². The number of hydrogen-bond donors (Lipinski definition) is 2. The van der Waals surface area contributed by atoms with E-state index in [1.807, 2.05) is 60.7 Å². The van der Waals surface area contributed by atoms with Gasteiger partial charge in [0.05, 0.1) is 17.6 Å². The number of ketones is 1. The molecule has 0 saturated heterocycles. The second-order valence-corrected chi connectivity index (χ2v) is 8.97. The number of hydrazine groups is 1. The minimum Gasteiger partial charge on any atom is -0.489 e. The number of benzene rings is 3. The highest BCUT2D eigenvalue weighted by molar-refractivity contribution is 6.00. The maximum Gasteiger partial charge on any atom is 0.270 e. The highest BCUT2D eigenvalue weighted by Gasteiger charge is 2.40. The molecule has 3 aromatic rings. The Hall–Kier alpha value is -4.83. The van der Waals surface area contributed by atoms with Crippen LogP contribution in [0.4, 0.5) is 0 Å². The summed E-state index contributed by atoms with van der Waals surface area (Å²) in [5, 5.41) is 11.5. The molecule has 7 nitrogen and oxygen atoms in total. The van der Waals surface area contributed by atoms with E-state index < -0.39 is 5.92 Å². The smallest absolute Gasteiger partial charge is 0.270 e. The molecule has 1 aliphatic heterocycles. The zero-order valence-corrected chi connectivity index (χ0v) is 20.2. The van der Waals surface area contributed by atoms with Crippen LogP contribution in [0, 0.1) is 11.3 Å². The second-order valence-electron chi connectivity index (χ2n) is 8.97. The van der Waals surface area contributed by atoms with Crippen molar-refractivity contribution in [3.8, 4) is 11.8 Å². The van der Waals surface area contributed by atoms with Gasteiger partial charge in [0.25, 0.3) is 5.91 Å². The first-order valence-electron chi connectivity index (χ1n) is 12.2. The molecule has 3 aromatic carbocycles. The Labute approximate surface area is 215 Å². The number of ether oxygens (including phenoxy) is 1. The molecule has 5 rings (SSSR count). The number of nitrogens with two attached hydrogens (primary N) is 1. The van der Waals surface area contributed by atoms with E-state index in [-0.39, 0.29) is 23.1 Å². The lowest BCUT2D eigenvalue weighted by Gasteiger charge is -2.39. The lowest BCUT2D eigenvalue weighted by molar-refractivity contribution is -0.116. The van der Waals surface area contributed by atoms with Crippen molar-refractivity contribution < 1.29 is 14.3 Å². The van der Waals surface area contributed by atoms with Gasteiger partial charge in [-0.1, -0.05) is 60.7 Å². The summed E-state index contributed by atoms with van der Waals surface area (Å²) in [5.74, 6) is -0.228. The Morgan fingerprint density at radius 1 is 1.00 bits per heavy atom. The van der Waals surface area contributed by atoms with Crippen LogP contribution in [0.5, 0.6) is 5.75 Å². The first kappa shape index (κ1) is 23.9. The molecule has 3 N–H and O–H groups in total. The fourth-order valence-corrected chi connectivity index (χ4v) is 4.80. The van der Waals surface area contributed by atoms with Gasteiger partial charge in [0.2, 0.25) is 0 Å². The van der Waals surface area contributed by atoms with Crippen molar-refractivity contribution in [3.63, 3.8) is 0 Å². The molecular weight excluding hydrogens is 464 g/mol. The molecule has 184 valence electrons. The summed E-state index contributed by atoms with van der Waals surface area (Å²) in [7, 11) is 0. The van der Waals surface area contributed by atoms with E-state index in [1.165, 1.54) is 5.01 Å². The van der Waals surface area contributed by atoms with E-state index in [0.29, 0.717) is 48.5 Å². The number of rotatable bonds is 6. The molecule has 1 unspecified atom stereocenters. The van der Waals surface area contributed by atoms with Crippen molar-refractivity contribution in [1.82, 2.24) is 10.4 Å². The molecule has 1 atom stereocenters. The molecule has 0 aromatic heterocycles. The number of nitrogens with zero attached hydrogens (tertiary/aromatic N) is 2. The number of Topliss-reactive ketones (excluding diaryl/α,β-unsaturated/α-hetero) is 1. The molecule has 0 radical (unpaired) electrons. The molecule has 0 spiro atoms. The van der Waals surface area contributed by atoms with Crippen LogP contribution in [0.2, 0.25) is 0 Å². The van der Waals surface area contributed by atoms with Crippen LogP contribution >= 0.6 is 0 Å². The van der Waals surface area contributed by atoms with Crippen molar-refractivity contribution in [1.29, 1.82) is 5.26 Å². The van der Waals surface area contributed by atoms with E-state index in [9.17, 15) is 14.9 Å². The third kappa shape index (κ3) is 4.82. The molecule has 2 aliphatic rings. The van der Waals surface area contributed by atoms with Crippen LogP contribution in [-0.4, -0.2) is 16.7 Å². The van der Waals surface area contributed by atoms with Crippen LogP contribution in [0.25, 0.3) is 0 Å². The summed E-state index contributed by atoms with van der Waals surface area (Å²) < 4.78 is 5.90. The molecule has 0 fully saturated rings. The monoisotopic (exact) mass is 490 g/mol. The highest BCUT2D eigenvalue weighted by Crippen LogP contribution is 2.44. The van der Waals surface area contributed by atoms with Gasteiger partial charge in [0.1, 0.15) is 18.2 Å². The predicted molar refractivity (Wildman–Crippen MR) is 138 cm³/mol. The van der Waals surface area contributed by atoms with Crippen molar-refractivity contribution in [2.45, 2.75) is 31.8 Å². The third-order valence-electron chi connectivity index (χ3n) is 6.62. The van der Waals surface area contributed by atoms with Gasteiger partial charge < -0.3 is 10.5 Å². The molecule has 7 heteroatoms. The van der Waals surface area contributed by atoms with Crippen LogP contribution < -0.4 is 15.9 Å². The van der Waals surface area contributed by atoms with E-state index in [2.05, 4.69) is 11.5 Å². The molecule has 0 bridgehead atoms. The largest absolute Gasteiger partial charge is 0.489 e. The minimum absolute atomic E-state index is 0.0464. The van der Waals surface area contributed by atoms with Crippen LogP contribution in [0.1, 0.15) is 46.7 Å². The van der Waals surface area contributed by atoms with E-state index in [0.717, 1.165) is 11.1 Å². The third-order valence-corrected chi connectivity index (χ3v) is 6.62. The molecule has 37 heavy (non-hydrogen) atoms. The summed E-state index contributed by atoms with van der Waals surface area (Å²) in [4.78, 5) is 26.1. The Morgan fingerprint density at radius 3 is 2.35 bits per heavy atom. The topological polar surface area (TPSA) is 108 Å². The summed E-state index contributed by atoms with van der Waals surface area (Å²) >= 11 is 0. The molecule has 1 heterocycles. The first-order valence-corrected chi connectivity index (χ1v) is 12.2. The van der Waals surface area contributed by atoms with Crippen molar-refractivity contribution >= 4 is 11.7 Å². The average molecular weight is 491 g/mol. The Bertz CT molecular complexity index is 1420. The van der Waals surface area contributed by atoms with Crippen LogP contribution in [-0.2, 0) is 11.4 Å². The standard InChI is InChI=1S/C30H26N4O3/c31-18-24-27(21-14-16-23(17-15-21)37-19-20-8-3-1-4-9-20)28-25(12-7-13-26(28)35)34(29(24)32)33-30(36)22-10-5-2-6-11-22/h1-6,8-11,14-17,27H,7,12-13,19,32H2,(H,33,36). The fourth-order valence-electron chi connectivity index (χ4n) is 4.80. The van der Waals surface area contributed by atoms with Gasteiger partial charge in [0.15, 0.2) is 5.78 Å². The second kappa shape index (κ2) is 10.4. The number of carbonyl (C=O) groups is 2. The highest BCUT2D eigenvalue weighted by atomic mass is 16.5. The van der Waals surface area contributed by atoms with Gasteiger partial charge >= 0.3 is 0 Å². The molecule has 0 saturated carbocycles. The Kier molecular flexibility index (Phi) is 6.73. The molecular formula is C30H26N4O3. The summed E-state index contributed by atoms with van der Waals surface area (Å²) in [6.45, 7) is 0.434. The van der Waals surface area contributed by atoms with E-state index >= 15 is 0 Å². The van der Waals surface area contributed by atoms with Gasteiger partial charge in [-0.05, 0) is 48.2 Å². The lowest BCUT2D eigenvalue weighted by atomic mass is 9.76. The average Bonchev–Trinajstić information content (AvgIpc) is 2.94. The van der Waals surface area contributed by atoms with Gasteiger partial charge in [0, 0.05) is 23.3 Å². The zero-order valence-electron chi connectivity index (χ0n) is 20.2. The van der Waals surface area contributed by atoms with Crippen LogP contribution in [0.3, 0.4) is 0 Å². The summed E-state index contributed by atoms with van der Waals surface area (Å²) in [6.07, 6.45) is 1.58. The van der Waals surface area contributed by atoms with Crippen LogP contribution in [0.15, 0.2) is 108 Å². The first-order chi connectivity index (χ1) is 18.1. The lowest BCUT2D eigenvalue weighted by Crippen LogP contribution is -2.48. The van der Waals surface area contributed by atoms with Crippen molar-refractivity contribution in [3.05, 3.63) is 124 Å². The Morgan fingerprint density at radius 2 is 1.68 bits per heavy atom. The number of nitriles is 1. The Balaban J connectivity index is 1.46. The van der Waals surface area contributed by atoms with Gasteiger partial charge in [-0.25, -0.2) is 5.01 Å². The van der Waals surface area contributed by atoms with Gasteiger partial charge in [-0.15, -0.1) is 0 Å². The van der Waals surface area contributed by atoms with Crippen molar-refractivity contribution in [2.75, 3.05) is 0 Å². The maximum absolute atomic E-state index is 13.2. The van der Waals surface area contributed by atoms with Gasteiger partial charge in [-0.3, -0.25) is 15.0 Å². The summed E-state index contributed by atoms with van der Waals surface area (Å²) in [6, 6.07) is 28.2.